The highest BCUT2D eigenvalue weighted by atomic mass is 16.5. The van der Waals surface area contributed by atoms with Gasteiger partial charge in [0.1, 0.15) is 0 Å². The first kappa shape index (κ1) is 23.9. The number of piperidine rings is 1. The summed E-state index contributed by atoms with van der Waals surface area (Å²) in [5.74, 6) is 0.0705. The summed E-state index contributed by atoms with van der Waals surface area (Å²) in [4.78, 5) is 42.1. The third-order valence-corrected chi connectivity index (χ3v) is 5.84. The van der Waals surface area contributed by atoms with E-state index < -0.39 is 0 Å². The fraction of sp³-hybridized carbons (Fsp3) is 0.609. The van der Waals surface area contributed by atoms with Crippen LogP contribution >= 0.6 is 0 Å². The summed E-state index contributed by atoms with van der Waals surface area (Å²) < 4.78 is 4.62. The molecule has 1 unspecified atom stereocenters. The van der Waals surface area contributed by atoms with E-state index in [4.69, 9.17) is 0 Å². The van der Waals surface area contributed by atoms with Crippen LogP contribution in [-0.2, 0) is 25.5 Å². The van der Waals surface area contributed by atoms with Crippen molar-refractivity contribution in [2.24, 2.45) is 5.92 Å². The van der Waals surface area contributed by atoms with Crippen LogP contribution in [-0.4, -0.2) is 86.4 Å². The van der Waals surface area contributed by atoms with Gasteiger partial charge in [-0.05, 0) is 44.8 Å². The van der Waals surface area contributed by atoms with E-state index in [1.807, 2.05) is 54.0 Å². The highest BCUT2D eigenvalue weighted by molar-refractivity contribution is 5.81. The Kier molecular flexibility index (Phi) is 9.30. The number of rotatable bonds is 9. The number of hydrogen-bond donors (Lipinski definition) is 0. The minimum Gasteiger partial charge on any atom is -0.469 e. The molecule has 0 N–H and O–H groups in total. The van der Waals surface area contributed by atoms with Crippen LogP contribution in [0.4, 0.5) is 0 Å². The van der Waals surface area contributed by atoms with Crippen LogP contribution in [0, 0.1) is 5.92 Å². The Morgan fingerprint density at radius 1 is 1.07 bits per heavy atom. The maximum atomic E-state index is 12.8. The molecule has 166 valence electrons. The van der Waals surface area contributed by atoms with E-state index in [1.54, 1.807) is 0 Å². The molecule has 1 aliphatic heterocycles. The van der Waals surface area contributed by atoms with Crippen LogP contribution in [0.15, 0.2) is 30.3 Å². The maximum absolute atomic E-state index is 12.8. The third kappa shape index (κ3) is 7.13. The van der Waals surface area contributed by atoms with E-state index in [9.17, 15) is 14.4 Å². The zero-order valence-electron chi connectivity index (χ0n) is 18.7. The van der Waals surface area contributed by atoms with Gasteiger partial charge in [-0.15, -0.1) is 0 Å². The minimum atomic E-state index is -0.359. The van der Waals surface area contributed by atoms with E-state index >= 15 is 0 Å². The molecule has 0 aromatic heterocycles. The van der Waals surface area contributed by atoms with Crippen molar-refractivity contribution in [2.75, 3.05) is 47.9 Å². The Labute approximate surface area is 180 Å². The first-order valence-corrected chi connectivity index (χ1v) is 10.6. The molecular formula is C23H35N3O4. The van der Waals surface area contributed by atoms with Crippen molar-refractivity contribution in [1.29, 1.82) is 0 Å². The number of benzene rings is 1. The van der Waals surface area contributed by atoms with Gasteiger partial charge < -0.3 is 19.4 Å². The molecule has 0 spiro atoms. The molecule has 2 amide bonds. The third-order valence-electron chi connectivity index (χ3n) is 5.84. The van der Waals surface area contributed by atoms with E-state index in [2.05, 4.69) is 16.9 Å². The molecule has 1 aliphatic rings. The van der Waals surface area contributed by atoms with Gasteiger partial charge in [-0.1, -0.05) is 30.3 Å². The van der Waals surface area contributed by atoms with Crippen molar-refractivity contribution >= 4 is 17.8 Å². The van der Waals surface area contributed by atoms with Gasteiger partial charge in [0.15, 0.2) is 0 Å². The average Bonchev–Trinajstić information content (AvgIpc) is 2.75. The number of carbonyl (C=O) groups is 3. The van der Waals surface area contributed by atoms with Crippen molar-refractivity contribution in [3.63, 3.8) is 0 Å². The second kappa shape index (κ2) is 11.7. The largest absolute Gasteiger partial charge is 0.469 e. The molecule has 7 nitrogen and oxygen atoms in total. The molecule has 1 saturated heterocycles. The van der Waals surface area contributed by atoms with Crippen LogP contribution in [0.25, 0.3) is 0 Å². The second-order valence-corrected chi connectivity index (χ2v) is 8.29. The second-order valence-electron chi connectivity index (χ2n) is 8.29. The number of amides is 2. The van der Waals surface area contributed by atoms with Gasteiger partial charge >= 0.3 is 5.97 Å². The summed E-state index contributed by atoms with van der Waals surface area (Å²) in [6.45, 7) is 1.70. The standard InChI is InChI=1S/C23H35N3O4/c1-24(2)17-22(28)25(3)20(16-18-8-6-5-7-9-18)19-12-14-26(15-13-19)21(27)10-11-23(29)30-4/h5-9,19-20H,10-17H2,1-4H3. The molecular weight excluding hydrogens is 382 g/mol. The number of esters is 1. The lowest BCUT2D eigenvalue weighted by atomic mass is 9.84. The van der Waals surface area contributed by atoms with Crippen molar-refractivity contribution in [3.8, 4) is 0 Å². The summed E-state index contributed by atoms with van der Waals surface area (Å²) in [6, 6.07) is 10.3. The van der Waals surface area contributed by atoms with Gasteiger partial charge in [0.25, 0.3) is 0 Å². The van der Waals surface area contributed by atoms with Crippen molar-refractivity contribution in [3.05, 3.63) is 35.9 Å². The quantitative estimate of drug-likeness (QED) is 0.573. The fourth-order valence-electron chi connectivity index (χ4n) is 4.05. The van der Waals surface area contributed by atoms with E-state index in [-0.39, 0.29) is 36.7 Å². The number of ether oxygens (including phenoxy) is 1. The predicted molar refractivity (Wildman–Crippen MR) is 116 cm³/mol. The predicted octanol–water partition coefficient (Wildman–Crippen LogP) is 1.81. The highest BCUT2D eigenvalue weighted by Gasteiger charge is 2.32. The molecule has 2 rings (SSSR count). The van der Waals surface area contributed by atoms with Gasteiger partial charge in [-0.3, -0.25) is 14.4 Å². The number of nitrogens with zero attached hydrogens (tertiary/aromatic N) is 3. The highest BCUT2D eigenvalue weighted by Crippen LogP contribution is 2.27. The first-order valence-electron chi connectivity index (χ1n) is 10.6. The summed E-state index contributed by atoms with van der Waals surface area (Å²) in [5, 5.41) is 0. The van der Waals surface area contributed by atoms with Crippen LogP contribution < -0.4 is 0 Å². The first-order chi connectivity index (χ1) is 14.3. The molecule has 1 aromatic rings. The Bertz CT molecular complexity index is 700. The molecule has 1 fully saturated rings. The Hall–Kier alpha value is -2.41. The van der Waals surface area contributed by atoms with Gasteiger partial charge in [0, 0.05) is 32.6 Å². The number of methoxy groups -OCH3 is 1. The molecule has 7 heteroatoms. The molecule has 1 aromatic carbocycles. The molecule has 0 radical (unpaired) electrons. The topological polar surface area (TPSA) is 70.2 Å². The lowest BCUT2D eigenvalue weighted by Crippen LogP contribution is -2.50. The van der Waals surface area contributed by atoms with E-state index in [1.165, 1.54) is 12.7 Å². The monoisotopic (exact) mass is 417 g/mol. The number of likely N-dealkylation sites (tertiary alicyclic amines) is 1. The number of likely N-dealkylation sites (N-methyl/N-ethyl adjacent to an activating group) is 2. The summed E-state index contributed by atoms with van der Waals surface area (Å²) in [5.41, 5.74) is 1.21. The molecule has 0 aliphatic carbocycles. The lowest BCUT2D eigenvalue weighted by molar-refractivity contribution is -0.144. The summed E-state index contributed by atoms with van der Waals surface area (Å²) in [6.07, 6.45) is 2.80. The van der Waals surface area contributed by atoms with E-state index in [0.29, 0.717) is 25.6 Å². The van der Waals surface area contributed by atoms with Crippen LogP contribution in [0.5, 0.6) is 0 Å². The average molecular weight is 418 g/mol. The summed E-state index contributed by atoms with van der Waals surface area (Å²) in [7, 11) is 7.03. The van der Waals surface area contributed by atoms with Crippen molar-refractivity contribution in [1.82, 2.24) is 14.7 Å². The van der Waals surface area contributed by atoms with Crippen molar-refractivity contribution < 1.29 is 19.1 Å². The van der Waals surface area contributed by atoms with Crippen LogP contribution in [0.1, 0.15) is 31.2 Å². The van der Waals surface area contributed by atoms with Gasteiger partial charge in [-0.25, -0.2) is 0 Å². The Balaban J connectivity index is 2.02. The van der Waals surface area contributed by atoms with Crippen LogP contribution in [0.3, 0.4) is 0 Å². The van der Waals surface area contributed by atoms with E-state index in [0.717, 1.165) is 19.3 Å². The molecule has 1 heterocycles. The van der Waals surface area contributed by atoms with Crippen molar-refractivity contribution in [2.45, 2.75) is 38.1 Å². The number of carbonyl (C=O) groups excluding carboxylic acids is 3. The molecule has 0 saturated carbocycles. The zero-order chi connectivity index (χ0) is 22.1. The normalized spacial score (nSPS) is 15.7. The Morgan fingerprint density at radius 2 is 1.70 bits per heavy atom. The zero-order valence-corrected chi connectivity index (χ0v) is 18.7. The minimum absolute atomic E-state index is 0.00417. The van der Waals surface area contributed by atoms with Crippen LogP contribution in [0.2, 0.25) is 0 Å². The molecule has 30 heavy (non-hydrogen) atoms. The molecule has 0 bridgehead atoms. The smallest absolute Gasteiger partial charge is 0.306 e. The number of hydrogen-bond acceptors (Lipinski definition) is 5. The SMILES string of the molecule is COC(=O)CCC(=O)N1CCC(C(Cc2ccccc2)N(C)C(=O)CN(C)C)CC1. The maximum Gasteiger partial charge on any atom is 0.306 e. The lowest BCUT2D eigenvalue weighted by Gasteiger charge is -2.40. The summed E-state index contributed by atoms with van der Waals surface area (Å²) >= 11 is 0. The Morgan fingerprint density at radius 3 is 2.27 bits per heavy atom. The van der Waals surface area contributed by atoms with Gasteiger partial charge in [-0.2, -0.15) is 0 Å². The van der Waals surface area contributed by atoms with Gasteiger partial charge in [0.2, 0.25) is 11.8 Å². The fourth-order valence-corrected chi connectivity index (χ4v) is 4.05. The molecule has 1 atom stereocenters. The van der Waals surface area contributed by atoms with Gasteiger partial charge in [0.05, 0.1) is 20.1 Å².